The minimum atomic E-state index is -0.142. The smallest absolute Gasteiger partial charge is 0.295 e. The Morgan fingerprint density at radius 2 is 2.04 bits per heavy atom. The fraction of sp³-hybridized carbons (Fsp3) is 0.222. The van der Waals surface area contributed by atoms with Gasteiger partial charge in [-0.1, -0.05) is 18.2 Å². The highest BCUT2D eigenvalue weighted by Gasteiger charge is 2.27. The van der Waals surface area contributed by atoms with Gasteiger partial charge >= 0.3 is 0 Å². The summed E-state index contributed by atoms with van der Waals surface area (Å²) in [7, 11) is 0. The number of anilines is 1. The second-order valence-electron chi connectivity index (χ2n) is 5.61. The zero-order chi connectivity index (χ0) is 16.4. The van der Waals surface area contributed by atoms with Crippen molar-refractivity contribution in [1.29, 1.82) is 0 Å². The molecule has 2 aromatic heterocycles. The van der Waals surface area contributed by atoms with Gasteiger partial charge in [-0.3, -0.25) is 9.69 Å². The van der Waals surface area contributed by atoms with Gasteiger partial charge in [-0.25, -0.2) is 4.68 Å². The summed E-state index contributed by atoms with van der Waals surface area (Å²) in [6.07, 6.45) is 2.37. The predicted molar refractivity (Wildman–Crippen MR) is 88.0 cm³/mol. The Kier molecular flexibility index (Phi) is 3.78. The quantitative estimate of drug-likeness (QED) is 0.740. The number of hydrogen-bond donors (Lipinski definition) is 0. The van der Waals surface area contributed by atoms with Crippen LogP contribution >= 0.6 is 0 Å². The highest BCUT2D eigenvalue weighted by molar-refractivity contribution is 6.03. The molecule has 3 heterocycles. The Hall–Kier alpha value is -3.02. The number of hydrogen-bond acceptors (Lipinski definition) is 4. The lowest BCUT2D eigenvalue weighted by molar-refractivity contribution is 0.0954. The zero-order valence-electron chi connectivity index (χ0n) is 13.1. The fourth-order valence-electron chi connectivity index (χ4n) is 2.82. The topological polar surface area (TPSA) is 60.5 Å². The van der Waals surface area contributed by atoms with Crippen LogP contribution in [0.2, 0.25) is 0 Å². The summed E-state index contributed by atoms with van der Waals surface area (Å²) in [5.41, 5.74) is 0.799. The van der Waals surface area contributed by atoms with Crippen LogP contribution in [0.5, 0.6) is 5.75 Å². The molecule has 1 aliphatic rings. The number of carbonyl (C=O) groups is 1. The van der Waals surface area contributed by atoms with E-state index >= 15 is 0 Å². The van der Waals surface area contributed by atoms with Crippen LogP contribution in [0.25, 0.3) is 0 Å². The molecule has 1 aliphatic heterocycles. The van der Waals surface area contributed by atoms with E-state index in [0.29, 0.717) is 18.9 Å². The van der Waals surface area contributed by atoms with Crippen LogP contribution in [0, 0.1) is 0 Å². The van der Waals surface area contributed by atoms with E-state index in [0.717, 1.165) is 30.2 Å². The Labute approximate surface area is 139 Å². The van der Waals surface area contributed by atoms with Gasteiger partial charge in [0.25, 0.3) is 5.91 Å². The van der Waals surface area contributed by atoms with E-state index in [2.05, 4.69) is 5.10 Å². The van der Waals surface area contributed by atoms with Gasteiger partial charge in [0.15, 0.2) is 5.76 Å². The second kappa shape index (κ2) is 6.23. The van der Waals surface area contributed by atoms with Crippen molar-refractivity contribution in [3.8, 4) is 5.75 Å². The third-order valence-corrected chi connectivity index (χ3v) is 3.94. The molecule has 0 aliphatic carbocycles. The summed E-state index contributed by atoms with van der Waals surface area (Å²) in [6.45, 7) is 1.82. The Bertz CT molecular complexity index is 825. The molecule has 0 spiro atoms. The first kappa shape index (κ1) is 14.6. The van der Waals surface area contributed by atoms with Crippen LogP contribution < -0.4 is 9.64 Å². The first-order valence-corrected chi connectivity index (χ1v) is 7.91. The lowest BCUT2D eigenvalue weighted by Gasteiger charge is -2.26. The zero-order valence-corrected chi connectivity index (χ0v) is 13.1. The molecular formula is C18H17N3O3. The summed E-state index contributed by atoms with van der Waals surface area (Å²) < 4.78 is 12.8. The number of carbonyl (C=O) groups excluding carboxylic acids is 1. The minimum Gasteiger partial charge on any atom is -0.487 e. The highest BCUT2D eigenvalue weighted by atomic mass is 16.5. The molecule has 6 nitrogen and oxygen atoms in total. The highest BCUT2D eigenvalue weighted by Crippen LogP contribution is 2.24. The van der Waals surface area contributed by atoms with E-state index in [4.69, 9.17) is 9.15 Å². The molecule has 0 N–H and O–H groups in total. The van der Waals surface area contributed by atoms with Gasteiger partial charge in [0.2, 0.25) is 0 Å². The predicted octanol–water partition coefficient (Wildman–Crippen LogP) is 3.11. The first-order valence-electron chi connectivity index (χ1n) is 7.91. The van der Waals surface area contributed by atoms with Crippen molar-refractivity contribution in [2.45, 2.75) is 19.6 Å². The average Bonchev–Trinajstić information content (AvgIpc) is 3.29. The molecule has 0 unspecified atom stereocenters. The van der Waals surface area contributed by atoms with Crippen molar-refractivity contribution in [2.75, 3.05) is 11.4 Å². The number of furan rings is 1. The largest absolute Gasteiger partial charge is 0.487 e. The van der Waals surface area contributed by atoms with Gasteiger partial charge in [0, 0.05) is 19.2 Å². The summed E-state index contributed by atoms with van der Waals surface area (Å²) >= 11 is 0. The maximum absolute atomic E-state index is 12.6. The first-order chi connectivity index (χ1) is 11.8. The third kappa shape index (κ3) is 2.78. The normalized spacial score (nSPS) is 13.6. The summed E-state index contributed by atoms with van der Waals surface area (Å²) in [5.74, 6) is 1.78. The van der Waals surface area contributed by atoms with Crippen LogP contribution in [-0.2, 0) is 13.2 Å². The summed E-state index contributed by atoms with van der Waals surface area (Å²) in [6, 6.07) is 14.9. The number of benzene rings is 1. The van der Waals surface area contributed by atoms with Crippen molar-refractivity contribution < 1.29 is 13.9 Å². The standard InChI is InChI=1S/C18H17N3O3/c22-18(16-8-4-11-23-16)20-9-5-10-21-17(20)12-14(19-21)13-24-15-6-2-1-3-7-15/h1-4,6-8,11-12H,5,9-10,13H2. The molecule has 1 amide bonds. The average molecular weight is 323 g/mol. The lowest BCUT2D eigenvalue weighted by atomic mass is 10.2. The van der Waals surface area contributed by atoms with Crippen LogP contribution in [0.15, 0.2) is 59.2 Å². The molecule has 0 saturated carbocycles. The van der Waals surface area contributed by atoms with E-state index in [-0.39, 0.29) is 5.91 Å². The lowest BCUT2D eigenvalue weighted by Crippen LogP contribution is -2.37. The summed E-state index contributed by atoms with van der Waals surface area (Å²) in [5, 5.41) is 4.55. The number of rotatable bonds is 4. The molecular weight excluding hydrogens is 306 g/mol. The number of nitrogens with zero attached hydrogens (tertiary/aromatic N) is 3. The van der Waals surface area contributed by atoms with Gasteiger partial charge in [-0.15, -0.1) is 0 Å². The molecule has 6 heteroatoms. The van der Waals surface area contributed by atoms with Gasteiger partial charge in [0.05, 0.1) is 6.26 Å². The van der Waals surface area contributed by atoms with Gasteiger partial charge in [0.1, 0.15) is 23.9 Å². The molecule has 0 atom stereocenters. The molecule has 4 rings (SSSR count). The van der Waals surface area contributed by atoms with Crippen molar-refractivity contribution in [1.82, 2.24) is 9.78 Å². The number of amides is 1. The monoisotopic (exact) mass is 323 g/mol. The third-order valence-electron chi connectivity index (χ3n) is 3.94. The molecule has 0 saturated heterocycles. The molecule has 3 aromatic rings. The molecule has 0 radical (unpaired) electrons. The molecule has 122 valence electrons. The van der Waals surface area contributed by atoms with E-state index < -0.39 is 0 Å². The molecule has 1 aromatic carbocycles. The molecule has 0 bridgehead atoms. The SMILES string of the molecule is O=C(c1ccco1)N1CCCn2nc(COc3ccccc3)cc21. The van der Waals surface area contributed by atoms with Crippen molar-refractivity contribution >= 4 is 11.7 Å². The molecule has 0 fully saturated rings. The maximum Gasteiger partial charge on any atom is 0.295 e. The van der Waals surface area contributed by atoms with E-state index in [1.54, 1.807) is 17.0 Å². The summed E-state index contributed by atoms with van der Waals surface area (Å²) in [4.78, 5) is 14.3. The number of ether oxygens (including phenoxy) is 1. The Morgan fingerprint density at radius 1 is 1.17 bits per heavy atom. The second-order valence-corrected chi connectivity index (χ2v) is 5.61. The van der Waals surface area contributed by atoms with E-state index in [9.17, 15) is 4.79 Å². The van der Waals surface area contributed by atoms with Crippen LogP contribution in [0.4, 0.5) is 5.82 Å². The number of para-hydroxylation sites is 1. The van der Waals surface area contributed by atoms with Crippen LogP contribution in [-0.4, -0.2) is 22.2 Å². The van der Waals surface area contributed by atoms with Crippen molar-refractivity contribution in [3.05, 3.63) is 66.2 Å². The Morgan fingerprint density at radius 3 is 2.83 bits per heavy atom. The Balaban J connectivity index is 1.53. The van der Waals surface area contributed by atoms with Crippen molar-refractivity contribution in [2.24, 2.45) is 0 Å². The van der Waals surface area contributed by atoms with E-state index in [1.165, 1.54) is 6.26 Å². The van der Waals surface area contributed by atoms with Gasteiger partial charge in [-0.2, -0.15) is 5.10 Å². The number of aryl methyl sites for hydroxylation is 1. The van der Waals surface area contributed by atoms with E-state index in [1.807, 2.05) is 41.1 Å². The van der Waals surface area contributed by atoms with Crippen LogP contribution in [0.3, 0.4) is 0 Å². The minimum absolute atomic E-state index is 0.142. The number of aromatic nitrogens is 2. The maximum atomic E-state index is 12.6. The fourth-order valence-corrected chi connectivity index (χ4v) is 2.82. The number of fused-ring (bicyclic) bond motifs is 1. The van der Waals surface area contributed by atoms with Gasteiger partial charge in [-0.05, 0) is 30.7 Å². The molecule has 24 heavy (non-hydrogen) atoms. The van der Waals surface area contributed by atoms with Crippen LogP contribution in [0.1, 0.15) is 22.7 Å². The van der Waals surface area contributed by atoms with Crippen molar-refractivity contribution in [3.63, 3.8) is 0 Å². The van der Waals surface area contributed by atoms with Gasteiger partial charge < -0.3 is 9.15 Å².